The maximum atomic E-state index is 12.4. The Bertz CT molecular complexity index is 538. The topological polar surface area (TPSA) is 52.3 Å². The van der Waals surface area contributed by atoms with Gasteiger partial charge in [-0.1, -0.05) is 6.92 Å². The van der Waals surface area contributed by atoms with Crippen LogP contribution in [0.5, 0.6) is 5.75 Å². The van der Waals surface area contributed by atoms with E-state index in [0.29, 0.717) is 23.6 Å². The number of fused-ring (bicyclic) bond motifs is 3. The highest BCUT2D eigenvalue weighted by Crippen LogP contribution is 2.53. The van der Waals surface area contributed by atoms with Crippen LogP contribution in [0.4, 0.5) is 5.69 Å². The van der Waals surface area contributed by atoms with Crippen LogP contribution in [0.2, 0.25) is 0 Å². The van der Waals surface area contributed by atoms with Crippen LogP contribution < -0.4 is 10.5 Å². The van der Waals surface area contributed by atoms with Crippen LogP contribution in [0, 0.1) is 5.41 Å². The number of carbonyl (C=O) groups is 1. The number of carbonyl (C=O) groups excluding carboxylic acids is 1. The summed E-state index contributed by atoms with van der Waals surface area (Å²) >= 11 is 0. The van der Waals surface area contributed by atoms with Crippen molar-refractivity contribution in [2.24, 2.45) is 5.41 Å². The second-order valence-corrected chi connectivity index (χ2v) is 6.20. The number of hydrogen-bond donors (Lipinski definition) is 1. The molecule has 3 heteroatoms. The number of aryl methyl sites for hydroxylation is 1. The van der Waals surface area contributed by atoms with Gasteiger partial charge in [-0.3, -0.25) is 4.79 Å². The zero-order valence-electron chi connectivity index (χ0n) is 11.7. The minimum atomic E-state index is 0.0412. The second kappa shape index (κ2) is 4.26. The Morgan fingerprint density at radius 2 is 2.11 bits per heavy atom. The average molecular weight is 259 g/mol. The lowest BCUT2D eigenvalue weighted by molar-refractivity contribution is -0.126. The highest BCUT2D eigenvalue weighted by Gasteiger charge is 2.45. The molecular weight excluding hydrogens is 238 g/mol. The molecule has 102 valence electrons. The van der Waals surface area contributed by atoms with Crippen molar-refractivity contribution in [1.82, 2.24) is 0 Å². The third-order valence-corrected chi connectivity index (χ3v) is 4.96. The molecule has 0 aliphatic heterocycles. The van der Waals surface area contributed by atoms with Crippen LogP contribution in [0.25, 0.3) is 0 Å². The minimum Gasteiger partial charge on any atom is -0.495 e. The molecule has 1 aromatic rings. The molecule has 0 aromatic heterocycles. The first kappa shape index (κ1) is 12.5. The first-order chi connectivity index (χ1) is 9.05. The van der Waals surface area contributed by atoms with Gasteiger partial charge in [0.05, 0.1) is 12.8 Å². The molecular formula is C16H21NO2. The summed E-state index contributed by atoms with van der Waals surface area (Å²) in [5.41, 5.74) is 9.17. The molecule has 1 fully saturated rings. The number of nitrogens with two attached hydrogens (primary N) is 1. The van der Waals surface area contributed by atoms with E-state index in [-0.39, 0.29) is 11.3 Å². The summed E-state index contributed by atoms with van der Waals surface area (Å²) in [6.07, 6.45) is 5.00. The van der Waals surface area contributed by atoms with Crippen LogP contribution in [0.1, 0.15) is 49.7 Å². The quantitative estimate of drug-likeness (QED) is 0.789. The van der Waals surface area contributed by atoms with E-state index in [0.717, 1.165) is 31.2 Å². The van der Waals surface area contributed by atoms with Gasteiger partial charge in [0.15, 0.2) is 0 Å². The van der Waals surface area contributed by atoms with E-state index in [1.807, 2.05) is 12.1 Å². The normalized spacial score (nSPS) is 29.6. The Labute approximate surface area is 114 Å². The van der Waals surface area contributed by atoms with E-state index in [1.54, 1.807) is 7.11 Å². The molecule has 0 heterocycles. The molecule has 19 heavy (non-hydrogen) atoms. The summed E-state index contributed by atoms with van der Waals surface area (Å²) in [4.78, 5) is 12.4. The number of nitrogen functional groups attached to an aromatic ring is 1. The zero-order chi connectivity index (χ0) is 13.6. The van der Waals surface area contributed by atoms with E-state index >= 15 is 0 Å². The van der Waals surface area contributed by atoms with Crippen LogP contribution in [-0.4, -0.2) is 12.9 Å². The number of anilines is 1. The number of hydrogen-bond acceptors (Lipinski definition) is 3. The Hall–Kier alpha value is -1.51. The van der Waals surface area contributed by atoms with E-state index in [4.69, 9.17) is 10.5 Å². The van der Waals surface area contributed by atoms with Crippen molar-refractivity contribution >= 4 is 11.5 Å². The molecule has 0 bridgehead atoms. The van der Waals surface area contributed by atoms with Gasteiger partial charge in [0.2, 0.25) is 0 Å². The van der Waals surface area contributed by atoms with Crippen LogP contribution >= 0.6 is 0 Å². The van der Waals surface area contributed by atoms with E-state index < -0.39 is 0 Å². The first-order valence-corrected chi connectivity index (χ1v) is 7.04. The lowest BCUT2D eigenvalue weighted by Crippen LogP contribution is -2.39. The number of benzene rings is 1. The largest absolute Gasteiger partial charge is 0.495 e. The molecule has 0 amide bonds. The molecule has 1 saturated carbocycles. The van der Waals surface area contributed by atoms with Crippen molar-refractivity contribution in [3.63, 3.8) is 0 Å². The monoisotopic (exact) mass is 259 g/mol. The summed E-state index contributed by atoms with van der Waals surface area (Å²) in [6.45, 7) is 2.26. The van der Waals surface area contributed by atoms with Crippen molar-refractivity contribution in [3.05, 3.63) is 23.3 Å². The molecule has 2 N–H and O–H groups in total. The van der Waals surface area contributed by atoms with E-state index in [2.05, 4.69) is 6.92 Å². The minimum absolute atomic E-state index is 0.0412. The second-order valence-electron chi connectivity index (χ2n) is 6.20. The molecule has 0 saturated heterocycles. The molecule has 1 aromatic carbocycles. The Morgan fingerprint density at radius 1 is 1.32 bits per heavy atom. The van der Waals surface area contributed by atoms with Gasteiger partial charge < -0.3 is 10.5 Å². The van der Waals surface area contributed by atoms with Gasteiger partial charge in [-0.2, -0.15) is 0 Å². The van der Waals surface area contributed by atoms with Gasteiger partial charge in [0, 0.05) is 12.3 Å². The number of Topliss-reactive ketones (excluding diaryl/α,β-unsaturated/α-hetero) is 1. The summed E-state index contributed by atoms with van der Waals surface area (Å²) in [5, 5.41) is 0. The maximum Gasteiger partial charge on any atom is 0.142 e. The van der Waals surface area contributed by atoms with Gasteiger partial charge in [-0.15, -0.1) is 0 Å². The van der Waals surface area contributed by atoms with Crippen LogP contribution in [-0.2, 0) is 11.2 Å². The lowest BCUT2D eigenvalue weighted by Gasteiger charge is -2.45. The van der Waals surface area contributed by atoms with Gasteiger partial charge in [-0.05, 0) is 54.4 Å². The number of rotatable bonds is 1. The molecule has 2 aliphatic carbocycles. The zero-order valence-corrected chi connectivity index (χ0v) is 11.7. The van der Waals surface area contributed by atoms with Crippen LogP contribution in [0.3, 0.4) is 0 Å². The highest BCUT2D eigenvalue weighted by atomic mass is 16.5. The molecule has 0 spiro atoms. The van der Waals surface area contributed by atoms with E-state index in [9.17, 15) is 4.79 Å². The fraction of sp³-hybridized carbons (Fsp3) is 0.562. The third-order valence-electron chi connectivity index (χ3n) is 4.96. The fourth-order valence-corrected chi connectivity index (χ4v) is 3.90. The van der Waals surface area contributed by atoms with Crippen molar-refractivity contribution in [3.8, 4) is 5.75 Å². The first-order valence-electron chi connectivity index (χ1n) is 7.04. The summed E-state index contributed by atoms with van der Waals surface area (Å²) < 4.78 is 5.32. The van der Waals surface area contributed by atoms with Crippen molar-refractivity contribution in [1.29, 1.82) is 0 Å². The van der Waals surface area contributed by atoms with Crippen molar-refractivity contribution in [2.45, 2.75) is 44.9 Å². The van der Waals surface area contributed by atoms with Crippen LogP contribution in [0.15, 0.2) is 12.1 Å². The number of ketones is 1. The number of ether oxygens (including phenoxy) is 1. The lowest BCUT2D eigenvalue weighted by atomic mass is 9.58. The van der Waals surface area contributed by atoms with Crippen molar-refractivity contribution < 1.29 is 9.53 Å². The Balaban J connectivity index is 2.14. The maximum absolute atomic E-state index is 12.4. The Kier molecular flexibility index (Phi) is 2.80. The molecule has 3 nitrogen and oxygen atoms in total. The number of methoxy groups -OCH3 is 1. The highest BCUT2D eigenvalue weighted by molar-refractivity contribution is 5.88. The smallest absolute Gasteiger partial charge is 0.142 e. The summed E-state index contributed by atoms with van der Waals surface area (Å²) in [6, 6.07) is 3.99. The molecule has 2 atom stereocenters. The van der Waals surface area contributed by atoms with Gasteiger partial charge in [0.25, 0.3) is 0 Å². The van der Waals surface area contributed by atoms with Gasteiger partial charge in [0.1, 0.15) is 11.5 Å². The molecule has 2 aliphatic rings. The standard InChI is InChI=1S/C16H21NO2/c1-16-6-3-4-13(18)15(16)11-9-14(19-2)12(17)8-10(11)5-7-16/h8-9,15H,3-7,17H2,1-2H3. The fourth-order valence-electron chi connectivity index (χ4n) is 3.90. The molecule has 2 unspecified atom stereocenters. The van der Waals surface area contributed by atoms with Crippen molar-refractivity contribution in [2.75, 3.05) is 12.8 Å². The average Bonchev–Trinajstić information content (AvgIpc) is 2.38. The third kappa shape index (κ3) is 1.83. The van der Waals surface area contributed by atoms with Gasteiger partial charge >= 0.3 is 0 Å². The SMILES string of the molecule is COc1cc2c(cc1N)CCC1(C)CCCC(=O)C21. The van der Waals surface area contributed by atoms with E-state index in [1.165, 1.54) is 5.56 Å². The molecule has 0 radical (unpaired) electrons. The Morgan fingerprint density at radius 3 is 2.84 bits per heavy atom. The predicted molar refractivity (Wildman–Crippen MR) is 75.4 cm³/mol. The summed E-state index contributed by atoms with van der Waals surface area (Å²) in [7, 11) is 1.63. The molecule has 3 rings (SSSR count). The van der Waals surface area contributed by atoms with Gasteiger partial charge in [-0.25, -0.2) is 0 Å². The predicted octanol–water partition coefficient (Wildman–Crippen LogP) is 3.07. The summed E-state index contributed by atoms with van der Waals surface area (Å²) in [5.74, 6) is 1.13.